The van der Waals surface area contributed by atoms with Gasteiger partial charge in [0.1, 0.15) is 0 Å². The summed E-state index contributed by atoms with van der Waals surface area (Å²) in [7, 11) is 0. The molecule has 0 aromatic heterocycles. The van der Waals surface area contributed by atoms with E-state index in [0.29, 0.717) is 5.57 Å². The summed E-state index contributed by atoms with van der Waals surface area (Å²) in [6, 6.07) is 0. The largest absolute Gasteiger partial charge is 0.478 e. The molecule has 0 aromatic rings. The van der Waals surface area contributed by atoms with Crippen molar-refractivity contribution >= 4 is 5.97 Å². The van der Waals surface area contributed by atoms with Crippen LogP contribution in [0.2, 0.25) is 0 Å². The van der Waals surface area contributed by atoms with Crippen LogP contribution >= 0.6 is 0 Å². The van der Waals surface area contributed by atoms with E-state index in [4.69, 9.17) is 5.11 Å². The Morgan fingerprint density at radius 1 is 1.25 bits per heavy atom. The van der Waals surface area contributed by atoms with Crippen molar-refractivity contribution in [1.29, 1.82) is 0 Å². The fourth-order valence-electron chi connectivity index (χ4n) is 0.732. The zero-order valence-electron chi connectivity index (χ0n) is 7.72. The number of carboxylic acid groups (broad SMARTS) is 1. The van der Waals surface area contributed by atoms with Crippen molar-refractivity contribution in [2.45, 2.75) is 20.8 Å². The van der Waals surface area contributed by atoms with Gasteiger partial charge in [0.15, 0.2) is 0 Å². The lowest BCUT2D eigenvalue weighted by Crippen LogP contribution is -1.91. The van der Waals surface area contributed by atoms with Gasteiger partial charge in [-0.2, -0.15) is 0 Å². The molecule has 2 nitrogen and oxygen atoms in total. The SMILES string of the molecule is C=C(C)/C(C=C(C)C)=C/C(=O)O. The molecule has 0 radical (unpaired) electrons. The van der Waals surface area contributed by atoms with Gasteiger partial charge >= 0.3 is 5.97 Å². The molecule has 12 heavy (non-hydrogen) atoms. The Balaban J connectivity index is 4.81. The lowest BCUT2D eigenvalue weighted by atomic mass is 10.1. The Morgan fingerprint density at radius 3 is 2.00 bits per heavy atom. The van der Waals surface area contributed by atoms with Crippen molar-refractivity contribution in [2.24, 2.45) is 0 Å². The third-order valence-corrected chi connectivity index (χ3v) is 1.22. The molecule has 0 aliphatic heterocycles. The summed E-state index contributed by atoms with van der Waals surface area (Å²) in [5.41, 5.74) is 2.49. The summed E-state index contributed by atoms with van der Waals surface area (Å²) >= 11 is 0. The van der Waals surface area contributed by atoms with E-state index in [-0.39, 0.29) is 0 Å². The Bertz CT molecular complexity index is 253. The molecular weight excluding hydrogens is 152 g/mol. The van der Waals surface area contributed by atoms with Gasteiger partial charge in [0.25, 0.3) is 0 Å². The zero-order chi connectivity index (χ0) is 9.72. The second-order valence-corrected chi connectivity index (χ2v) is 2.94. The molecule has 0 rings (SSSR count). The summed E-state index contributed by atoms with van der Waals surface area (Å²) in [4.78, 5) is 10.3. The van der Waals surface area contributed by atoms with Crippen LogP contribution in [0.3, 0.4) is 0 Å². The Kier molecular flexibility index (Phi) is 4.05. The maximum atomic E-state index is 10.3. The van der Waals surface area contributed by atoms with Gasteiger partial charge in [0, 0.05) is 6.08 Å². The molecule has 1 N–H and O–H groups in total. The average Bonchev–Trinajstić information content (AvgIpc) is 1.83. The Hall–Kier alpha value is -1.31. The van der Waals surface area contributed by atoms with Crippen molar-refractivity contribution in [3.8, 4) is 0 Å². The standard InChI is InChI=1S/C10H14O2/c1-7(2)5-9(8(3)4)6-10(11)12/h5-6H,3H2,1-2,4H3,(H,11,12)/b9-6+. The maximum absolute atomic E-state index is 10.3. The predicted molar refractivity (Wildman–Crippen MR) is 50.0 cm³/mol. The molecule has 2 heteroatoms. The molecule has 0 atom stereocenters. The molecule has 0 saturated heterocycles. The lowest BCUT2D eigenvalue weighted by molar-refractivity contribution is -0.131. The monoisotopic (exact) mass is 166 g/mol. The fraction of sp³-hybridized carbons (Fsp3) is 0.300. The van der Waals surface area contributed by atoms with Crippen LogP contribution < -0.4 is 0 Å². The van der Waals surface area contributed by atoms with Gasteiger partial charge in [0.05, 0.1) is 0 Å². The lowest BCUT2D eigenvalue weighted by Gasteiger charge is -1.99. The van der Waals surface area contributed by atoms with Crippen molar-refractivity contribution in [3.05, 3.63) is 35.5 Å². The van der Waals surface area contributed by atoms with Gasteiger partial charge in [-0.05, 0) is 26.3 Å². The van der Waals surface area contributed by atoms with E-state index in [0.717, 1.165) is 17.2 Å². The van der Waals surface area contributed by atoms with Gasteiger partial charge in [-0.25, -0.2) is 4.79 Å². The number of rotatable bonds is 3. The first-order chi connectivity index (χ1) is 5.43. The maximum Gasteiger partial charge on any atom is 0.328 e. The molecular formula is C10H14O2. The second kappa shape index (κ2) is 4.54. The Labute approximate surface area is 72.9 Å². The molecule has 0 amide bonds. The second-order valence-electron chi connectivity index (χ2n) is 2.94. The molecule has 0 saturated carbocycles. The van der Waals surface area contributed by atoms with Crippen LogP contribution in [-0.2, 0) is 4.79 Å². The van der Waals surface area contributed by atoms with E-state index in [2.05, 4.69) is 6.58 Å². The van der Waals surface area contributed by atoms with Gasteiger partial charge < -0.3 is 5.11 Å². The van der Waals surface area contributed by atoms with E-state index in [1.807, 2.05) is 13.8 Å². The third kappa shape index (κ3) is 4.50. The van der Waals surface area contributed by atoms with Gasteiger partial charge in [0.2, 0.25) is 0 Å². The summed E-state index contributed by atoms with van der Waals surface area (Å²) in [5.74, 6) is -0.939. The highest BCUT2D eigenvalue weighted by Crippen LogP contribution is 2.10. The minimum atomic E-state index is -0.939. The van der Waals surface area contributed by atoms with Gasteiger partial charge in [-0.1, -0.05) is 23.8 Å². The molecule has 0 aliphatic rings. The van der Waals surface area contributed by atoms with Crippen molar-refractivity contribution in [1.82, 2.24) is 0 Å². The van der Waals surface area contributed by atoms with E-state index in [1.54, 1.807) is 13.0 Å². The number of allylic oxidation sites excluding steroid dienone is 4. The molecule has 66 valence electrons. The molecule has 0 aliphatic carbocycles. The van der Waals surface area contributed by atoms with Crippen LogP contribution in [0, 0.1) is 0 Å². The highest BCUT2D eigenvalue weighted by Gasteiger charge is 1.97. The minimum absolute atomic E-state index is 0.669. The van der Waals surface area contributed by atoms with Crippen molar-refractivity contribution in [2.75, 3.05) is 0 Å². The van der Waals surface area contributed by atoms with Crippen LogP contribution in [0.5, 0.6) is 0 Å². The number of hydrogen-bond donors (Lipinski definition) is 1. The van der Waals surface area contributed by atoms with Gasteiger partial charge in [-0.15, -0.1) is 0 Å². The molecule has 0 spiro atoms. The average molecular weight is 166 g/mol. The van der Waals surface area contributed by atoms with E-state index in [9.17, 15) is 4.79 Å². The molecule has 0 aromatic carbocycles. The molecule has 0 bridgehead atoms. The van der Waals surface area contributed by atoms with Crippen LogP contribution in [0.4, 0.5) is 0 Å². The molecule has 0 unspecified atom stereocenters. The van der Waals surface area contributed by atoms with Crippen LogP contribution in [0.15, 0.2) is 35.5 Å². The zero-order valence-corrected chi connectivity index (χ0v) is 7.72. The van der Waals surface area contributed by atoms with Crippen LogP contribution in [-0.4, -0.2) is 11.1 Å². The summed E-state index contributed by atoms with van der Waals surface area (Å²) in [5, 5.41) is 8.50. The summed E-state index contributed by atoms with van der Waals surface area (Å²) in [6.45, 7) is 9.30. The number of aliphatic carboxylic acids is 1. The number of carbonyl (C=O) groups is 1. The van der Waals surface area contributed by atoms with E-state index >= 15 is 0 Å². The summed E-state index contributed by atoms with van der Waals surface area (Å²) in [6.07, 6.45) is 2.96. The topological polar surface area (TPSA) is 37.3 Å². The third-order valence-electron chi connectivity index (χ3n) is 1.22. The quantitative estimate of drug-likeness (QED) is 0.516. The Morgan fingerprint density at radius 2 is 1.75 bits per heavy atom. The first-order valence-electron chi connectivity index (χ1n) is 3.69. The summed E-state index contributed by atoms with van der Waals surface area (Å²) < 4.78 is 0. The molecule has 0 fully saturated rings. The smallest absolute Gasteiger partial charge is 0.328 e. The van der Waals surface area contributed by atoms with Gasteiger partial charge in [-0.3, -0.25) is 0 Å². The fourth-order valence-corrected chi connectivity index (χ4v) is 0.732. The predicted octanol–water partition coefficient (Wildman–Crippen LogP) is 2.54. The van der Waals surface area contributed by atoms with Crippen molar-refractivity contribution in [3.63, 3.8) is 0 Å². The minimum Gasteiger partial charge on any atom is -0.478 e. The first kappa shape index (κ1) is 10.7. The highest BCUT2D eigenvalue weighted by molar-refractivity contribution is 5.82. The van der Waals surface area contributed by atoms with Crippen molar-refractivity contribution < 1.29 is 9.90 Å². The normalized spacial score (nSPS) is 10.8. The van der Waals surface area contributed by atoms with E-state index < -0.39 is 5.97 Å². The first-order valence-corrected chi connectivity index (χ1v) is 3.69. The van der Waals surface area contributed by atoms with Crippen LogP contribution in [0.1, 0.15) is 20.8 Å². The highest BCUT2D eigenvalue weighted by atomic mass is 16.4. The number of hydrogen-bond acceptors (Lipinski definition) is 1. The van der Waals surface area contributed by atoms with E-state index in [1.165, 1.54) is 0 Å². The van der Waals surface area contributed by atoms with Crippen LogP contribution in [0.25, 0.3) is 0 Å². The number of carboxylic acids is 1. The molecule has 0 heterocycles.